The number of hydrogen-bond donors (Lipinski definition) is 6. The van der Waals surface area contributed by atoms with Crippen molar-refractivity contribution in [2.45, 2.75) is 24.4 Å². The number of phenolic OH excluding ortho intramolecular Hbond substituents is 1. The van der Waals surface area contributed by atoms with Gasteiger partial charge in [-0.05, 0) is 56.8 Å². The normalized spacial score (nSPS) is 15.3. The van der Waals surface area contributed by atoms with Crippen LogP contribution in [0.25, 0.3) is 10.4 Å². The number of benzene rings is 1. The van der Waals surface area contributed by atoms with Gasteiger partial charge in [-0.25, -0.2) is 0 Å². The summed E-state index contributed by atoms with van der Waals surface area (Å²) in [6, 6.07) is 1.27. The van der Waals surface area contributed by atoms with E-state index in [-0.39, 0.29) is 21.1 Å². The van der Waals surface area contributed by atoms with Crippen LogP contribution in [0.15, 0.2) is 11.2 Å². The maximum absolute atomic E-state index is 12.2. The highest BCUT2D eigenvalue weighted by Crippen LogP contribution is 2.37. The molecule has 13 heteroatoms. The van der Waals surface area contributed by atoms with Crippen LogP contribution in [0.4, 0.5) is 5.69 Å². The molecule has 1 aromatic rings. The van der Waals surface area contributed by atoms with Crippen molar-refractivity contribution in [3.05, 3.63) is 29.2 Å². The summed E-state index contributed by atoms with van der Waals surface area (Å²) in [6.07, 6.45) is -7.41. The minimum absolute atomic E-state index is 0.00757. The molecule has 0 saturated heterocycles. The summed E-state index contributed by atoms with van der Waals surface area (Å²) < 4.78 is 0.556. The van der Waals surface area contributed by atoms with Crippen molar-refractivity contribution in [1.29, 1.82) is 0 Å². The third kappa shape index (κ3) is 5.38. The molecular weight excluding hydrogens is 578 g/mol. The van der Waals surface area contributed by atoms with E-state index in [4.69, 9.17) is 10.6 Å². The summed E-state index contributed by atoms with van der Waals surface area (Å²) in [4.78, 5) is 25.2. The number of carbonyl (C=O) groups is 2. The van der Waals surface area contributed by atoms with Crippen molar-refractivity contribution < 1.29 is 35.1 Å². The number of aliphatic hydroxyl groups is 4. The van der Waals surface area contributed by atoms with E-state index in [2.05, 4.69) is 15.3 Å². The number of nitrogens with zero attached hydrogens (tertiary/aromatic N) is 3. The van der Waals surface area contributed by atoms with Crippen LogP contribution >= 0.6 is 45.2 Å². The van der Waals surface area contributed by atoms with Gasteiger partial charge in [-0.1, -0.05) is 5.11 Å². The van der Waals surface area contributed by atoms with E-state index in [0.29, 0.717) is 3.57 Å². The predicted molar refractivity (Wildman–Crippen MR) is 105 cm³/mol. The van der Waals surface area contributed by atoms with Gasteiger partial charge in [0, 0.05) is 15.0 Å². The molecule has 4 atom stereocenters. The Hall–Kier alpha value is -1.23. The van der Waals surface area contributed by atoms with Crippen LogP contribution in [0.5, 0.6) is 5.75 Å². The monoisotopic (exact) mass is 592 g/mol. The Labute approximate surface area is 173 Å². The third-order valence-corrected chi connectivity index (χ3v) is 5.11. The average Bonchev–Trinajstić information content (AvgIpc) is 2.63. The highest BCUT2D eigenvalue weighted by atomic mass is 127. The number of aromatic hydroxyl groups is 1. The van der Waals surface area contributed by atoms with Crippen molar-refractivity contribution in [2.75, 3.05) is 6.54 Å². The van der Waals surface area contributed by atoms with Crippen molar-refractivity contribution in [3.63, 3.8) is 0 Å². The van der Waals surface area contributed by atoms with E-state index < -0.39 is 42.6 Å². The Morgan fingerprint density at radius 3 is 2.46 bits per heavy atom. The Balaban J connectivity index is 2.89. The van der Waals surface area contributed by atoms with Gasteiger partial charge in [0.1, 0.15) is 24.1 Å². The molecule has 1 amide bonds. The Bertz CT molecular complexity index is 742. The van der Waals surface area contributed by atoms with Gasteiger partial charge in [-0.2, -0.15) is 0 Å². The Morgan fingerprint density at radius 1 is 1.31 bits per heavy atom. The molecule has 142 valence electrons. The molecule has 0 aliphatic rings. The Morgan fingerprint density at radius 2 is 1.92 bits per heavy atom. The predicted octanol–water partition coefficient (Wildman–Crippen LogP) is -0.0845. The lowest BCUT2D eigenvalue weighted by Gasteiger charge is -2.24. The van der Waals surface area contributed by atoms with Gasteiger partial charge in [0.2, 0.25) is 0 Å². The second-order valence-corrected chi connectivity index (χ2v) is 7.23. The van der Waals surface area contributed by atoms with Crippen LogP contribution in [0.2, 0.25) is 0 Å². The van der Waals surface area contributed by atoms with Crippen molar-refractivity contribution in [2.24, 2.45) is 5.11 Å². The fourth-order valence-corrected chi connectivity index (χ4v) is 3.73. The molecule has 0 radical (unpaired) electrons. The standard InChI is InChI=1S/C13H14I2N4O7/c14-5-1-4(10(23)8(15)9(5)18-19-16)13(26)17-2-6(21)11(24)12(25)7(22)3-20/h1,3,6-7,11-12,21-25H,2H2,(H,17,26)/t6-,7+,11-,12-/m1/s1. The quantitative estimate of drug-likeness (QED) is 0.0798. The first-order valence-corrected chi connectivity index (χ1v) is 9.03. The third-order valence-electron chi connectivity index (χ3n) is 3.26. The maximum atomic E-state index is 12.2. The molecule has 6 N–H and O–H groups in total. The largest absolute Gasteiger partial charge is 0.506 e. The number of hydrogen-bond acceptors (Lipinski definition) is 8. The molecule has 0 aliphatic carbocycles. The number of aldehydes is 1. The zero-order chi connectivity index (χ0) is 20.0. The van der Waals surface area contributed by atoms with Gasteiger partial charge in [-0.3, -0.25) is 4.79 Å². The van der Waals surface area contributed by atoms with Crippen LogP contribution in [0, 0.1) is 7.14 Å². The molecule has 26 heavy (non-hydrogen) atoms. The number of aliphatic hydroxyl groups excluding tert-OH is 4. The summed E-state index contributed by atoms with van der Waals surface area (Å²) in [5.41, 5.74) is 8.51. The van der Waals surface area contributed by atoms with Crippen molar-refractivity contribution in [1.82, 2.24) is 5.32 Å². The van der Waals surface area contributed by atoms with Gasteiger partial charge >= 0.3 is 0 Å². The molecule has 0 bridgehead atoms. The second kappa shape index (κ2) is 10.2. The average molecular weight is 592 g/mol. The van der Waals surface area contributed by atoms with Gasteiger partial charge in [0.05, 0.1) is 20.9 Å². The molecule has 0 aromatic heterocycles. The summed E-state index contributed by atoms with van der Waals surface area (Å²) >= 11 is 3.52. The zero-order valence-corrected chi connectivity index (χ0v) is 17.1. The van der Waals surface area contributed by atoms with E-state index in [1.807, 2.05) is 22.6 Å². The molecule has 0 saturated carbocycles. The van der Waals surface area contributed by atoms with Crippen LogP contribution in [-0.4, -0.2) is 68.7 Å². The van der Waals surface area contributed by atoms with E-state index in [1.54, 1.807) is 22.6 Å². The SMILES string of the molecule is [N-]=[N+]=Nc1c(I)cc(C(=O)NC[C@@H](O)[C@@H](O)[C@H](O)[C@@H](O)C=O)c(O)c1I. The van der Waals surface area contributed by atoms with E-state index in [9.17, 15) is 30.0 Å². The van der Waals surface area contributed by atoms with Crippen LogP contribution in [0.3, 0.4) is 0 Å². The van der Waals surface area contributed by atoms with Crippen LogP contribution < -0.4 is 5.32 Å². The molecule has 0 heterocycles. The second-order valence-electron chi connectivity index (χ2n) is 4.99. The van der Waals surface area contributed by atoms with Crippen LogP contribution in [-0.2, 0) is 4.79 Å². The molecule has 0 fully saturated rings. The number of nitrogens with one attached hydrogen (secondary N) is 1. The topological polar surface area (TPSA) is 196 Å². The summed E-state index contributed by atoms with van der Waals surface area (Å²) in [7, 11) is 0. The zero-order valence-electron chi connectivity index (χ0n) is 12.8. The number of halogens is 2. The van der Waals surface area contributed by atoms with E-state index in [0.717, 1.165) is 0 Å². The molecule has 0 unspecified atom stereocenters. The smallest absolute Gasteiger partial charge is 0.255 e. The summed E-state index contributed by atoms with van der Waals surface area (Å²) in [5, 5.41) is 53.7. The molecule has 0 spiro atoms. The molecular formula is C13H14I2N4O7. The number of amides is 1. The highest BCUT2D eigenvalue weighted by Gasteiger charge is 2.30. The molecule has 0 aliphatic heterocycles. The number of phenols is 1. The first-order chi connectivity index (χ1) is 12.1. The van der Waals surface area contributed by atoms with Gasteiger partial charge < -0.3 is 35.6 Å². The fourth-order valence-electron chi connectivity index (χ4n) is 1.83. The van der Waals surface area contributed by atoms with Gasteiger partial charge in [0.15, 0.2) is 6.29 Å². The minimum Gasteiger partial charge on any atom is -0.506 e. The Kier molecular flexibility index (Phi) is 8.94. The number of rotatable bonds is 8. The molecule has 1 aromatic carbocycles. The lowest BCUT2D eigenvalue weighted by Crippen LogP contribution is -2.49. The summed E-state index contributed by atoms with van der Waals surface area (Å²) in [5.74, 6) is -1.24. The van der Waals surface area contributed by atoms with Crippen molar-refractivity contribution >= 4 is 63.1 Å². The van der Waals surface area contributed by atoms with Crippen LogP contribution in [0.1, 0.15) is 10.4 Å². The first kappa shape index (κ1) is 22.8. The number of carbonyl (C=O) groups excluding carboxylic acids is 2. The lowest BCUT2D eigenvalue weighted by atomic mass is 10.0. The van der Waals surface area contributed by atoms with Gasteiger partial charge in [0.25, 0.3) is 5.91 Å². The minimum atomic E-state index is -1.93. The van der Waals surface area contributed by atoms with E-state index in [1.165, 1.54) is 6.07 Å². The molecule has 11 nitrogen and oxygen atoms in total. The van der Waals surface area contributed by atoms with Crippen molar-refractivity contribution in [3.8, 4) is 5.75 Å². The maximum Gasteiger partial charge on any atom is 0.255 e. The highest BCUT2D eigenvalue weighted by molar-refractivity contribution is 14.1. The lowest BCUT2D eigenvalue weighted by molar-refractivity contribution is -0.133. The summed E-state index contributed by atoms with van der Waals surface area (Å²) in [6.45, 7) is -0.534. The van der Waals surface area contributed by atoms with Gasteiger partial charge in [-0.15, -0.1) is 0 Å². The first-order valence-electron chi connectivity index (χ1n) is 6.87. The van der Waals surface area contributed by atoms with E-state index >= 15 is 0 Å². The number of azide groups is 1. The molecule has 1 rings (SSSR count). The fraction of sp³-hybridized carbons (Fsp3) is 0.385.